The fourth-order valence-electron chi connectivity index (χ4n) is 7.83. The molecule has 6 nitrogen and oxygen atoms in total. The second kappa shape index (κ2) is 46.5. The lowest BCUT2D eigenvalue weighted by Gasteiger charge is -2.18. The maximum atomic E-state index is 12.7. The molecule has 0 aromatic rings. The van der Waals surface area contributed by atoms with Crippen LogP contribution >= 0.6 is 0 Å². The lowest BCUT2D eigenvalue weighted by Crippen LogP contribution is -2.30. The van der Waals surface area contributed by atoms with Gasteiger partial charge in [-0.25, -0.2) is 0 Å². The third kappa shape index (κ3) is 44.0. The van der Waals surface area contributed by atoms with Crippen LogP contribution in [-0.2, 0) is 28.6 Å². The van der Waals surface area contributed by atoms with Crippen molar-refractivity contribution in [2.75, 3.05) is 13.2 Å². The van der Waals surface area contributed by atoms with Gasteiger partial charge < -0.3 is 14.2 Å². The number of rotatable bonds is 47. The van der Waals surface area contributed by atoms with Gasteiger partial charge in [0.2, 0.25) is 0 Å². The summed E-state index contributed by atoms with van der Waals surface area (Å²) in [7, 11) is 0. The highest BCUT2D eigenvalue weighted by Gasteiger charge is 2.19. The Labute approximate surface area is 361 Å². The number of unbranched alkanes of at least 4 members (excludes halogenated alkanes) is 33. The molecule has 0 amide bonds. The third-order valence-corrected chi connectivity index (χ3v) is 12.2. The predicted octanol–water partition coefficient (Wildman–Crippen LogP) is 16.7. The van der Waals surface area contributed by atoms with Crippen LogP contribution in [0.15, 0.2) is 0 Å². The number of ether oxygens (including phenoxy) is 3. The monoisotopic (exact) mass is 821 g/mol. The van der Waals surface area contributed by atoms with Crippen LogP contribution in [0.25, 0.3) is 0 Å². The molecule has 0 saturated carbocycles. The summed E-state index contributed by atoms with van der Waals surface area (Å²) in [6.45, 7) is 9.00. The van der Waals surface area contributed by atoms with E-state index in [4.69, 9.17) is 14.2 Å². The SMILES string of the molecule is CCCCCCCCCCCCCCCC(=O)O[C@H](COC(=O)CCCCCCC)COC(=O)CCCCCCCCCCCCCCCCCCCCC(C)CC. The standard InChI is InChI=1S/C52H100O6/c1-5-8-10-12-13-14-15-22-27-30-33-37-41-45-52(55)58-49(46-56-50(53)43-39-34-11-9-6-2)47-57-51(54)44-40-36-32-29-26-24-21-19-17-16-18-20-23-25-28-31-35-38-42-48(4)7-3/h48-49H,5-47H2,1-4H3/t48?,49-/m1/s1. The molecule has 58 heavy (non-hydrogen) atoms. The molecule has 6 heteroatoms. The van der Waals surface area contributed by atoms with E-state index < -0.39 is 6.10 Å². The first kappa shape index (κ1) is 56.4. The normalized spacial score (nSPS) is 12.4. The van der Waals surface area contributed by atoms with Gasteiger partial charge in [0, 0.05) is 19.3 Å². The van der Waals surface area contributed by atoms with Crippen molar-refractivity contribution in [3.63, 3.8) is 0 Å². The van der Waals surface area contributed by atoms with Crippen molar-refractivity contribution < 1.29 is 28.6 Å². The summed E-state index contributed by atoms with van der Waals surface area (Å²) < 4.78 is 16.7. The molecule has 0 aliphatic heterocycles. The van der Waals surface area contributed by atoms with Crippen molar-refractivity contribution in [2.45, 2.75) is 297 Å². The maximum Gasteiger partial charge on any atom is 0.306 e. The molecular weight excluding hydrogens is 721 g/mol. The van der Waals surface area contributed by atoms with Gasteiger partial charge in [-0.3, -0.25) is 14.4 Å². The largest absolute Gasteiger partial charge is 0.462 e. The van der Waals surface area contributed by atoms with Crippen LogP contribution in [-0.4, -0.2) is 37.2 Å². The molecule has 1 unspecified atom stereocenters. The Hall–Kier alpha value is -1.59. The number of hydrogen-bond donors (Lipinski definition) is 0. The Kier molecular flexibility index (Phi) is 45.2. The lowest BCUT2D eigenvalue weighted by atomic mass is 9.99. The van der Waals surface area contributed by atoms with E-state index in [1.165, 1.54) is 180 Å². The quantitative estimate of drug-likeness (QED) is 0.0346. The van der Waals surface area contributed by atoms with Gasteiger partial charge in [0.15, 0.2) is 6.10 Å². The minimum Gasteiger partial charge on any atom is -0.462 e. The van der Waals surface area contributed by atoms with Crippen LogP contribution in [0.3, 0.4) is 0 Å². The molecule has 0 aliphatic carbocycles. The zero-order valence-corrected chi connectivity index (χ0v) is 39.5. The summed E-state index contributed by atoms with van der Waals surface area (Å²) in [6, 6.07) is 0. The summed E-state index contributed by atoms with van der Waals surface area (Å²) in [6.07, 6.45) is 48.4. The molecule has 0 heterocycles. The van der Waals surface area contributed by atoms with Crippen LogP contribution in [0.5, 0.6) is 0 Å². The second-order valence-electron chi connectivity index (χ2n) is 18.1. The number of hydrogen-bond acceptors (Lipinski definition) is 6. The van der Waals surface area contributed by atoms with Crippen LogP contribution in [0.4, 0.5) is 0 Å². The van der Waals surface area contributed by atoms with Crippen molar-refractivity contribution in [3.8, 4) is 0 Å². The smallest absolute Gasteiger partial charge is 0.306 e. The highest BCUT2D eigenvalue weighted by Crippen LogP contribution is 2.18. The zero-order chi connectivity index (χ0) is 42.4. The summed E-state index contributed by atoms with van der Waals surface area (Å²) in [5.41, 5.74) is 0. The minimum atomic E-state index is -0.758. The Morgan fingerprint density at radius 2 is 0.603 bits per heavy atom. The molecular formula is C52H100O6. The van der Waals surface area contributed by atoms with Gasteiger partial charge in [-0.2, -0.15) is 0 Å². The summed E-state index contributed by atoms with van der Waals surface area (Å²) >= 11 is 0. The lowest BCUT2D eigenvalue weighted by molar-refractivity contribution is -0.167. The second-order valence-corrected chi connectivity index (χ2v) is 18.1. The highest BCUT2D eigenvalue weighted by atomic mass is 16.6. The van der Waals surface area contributed by atoms with Gasteiger partial charge in [-0.05, 0) is 25.2 Å². The maximum absolute atomic E-state index is 12.7. The topological polar surface area (TPSA) is 78.9 Å². The molecule has 0 aromatic heterocycles. The molecule has 344 valence electrons. The Morgan fingerprint density at radius 1 is 0.345 bits per heavy atom. The first-order chi connectivity index (χ1) is 28.4. The van der Waals surface area contributed by atoms with Gasteiger partial charge in [0.1, 0.15) is 13.2 Å². The van der Waals surface area contributed by atoms with Crippen molar-refractivity contribution in [3.05, 3.63) is 0 Å². The predicted molar refractivity (Wildman–Crippen MR) is 247 cm³/mol. The highest BCUT2D eigenvalue weighted by molar-refractivity contribution is 5.71. The molecule has 0 radical (unpaired) electrons. The Balaban J connectivity index is 4.04. The fraction of sp³-hybridized carbons (Fsp3) is 0.942. The van der Waals surface area contributed by atoms with Gasteiger partial charge in [0.25, 0.3) is 0 Å². The Morgan fingerprint density at radius 3 is 0.897 bits per heavy atom. The summed E-state index contributed by atoms with van der Waals surface area (Å²) in [5.74, 6) is 0.0499. The Bertz CT molecular complexity index is 874. The summed E-state index contributed by atoms with van der Waals surface area (Å²) in [4.78, 5) is 37.6. The fourth-order valence-corrected chi connectivity index (χ4v) is 7.83. The molecule has 0 rings (SSSR count). The van der Waals surface area contributed by atoms with Crippen LogP contribution in [0, 0.1) is 5.92 Å². The van der Waals surface area contributed by atoms with E-state index in [9.17, 15) is 14.4 Å². The van der Waals surface area contributed by atoms with Crippen LogP contribution in [0.1, 0.15) is 291 Å². The number of carbonyl (C=O) groups is 3. The van der Waals surface area contributed by atoms with E-state index in [1.54, 1.807) is 0 Å². The number of carbonyl (C=O) groups excluding carboxylic acids is 3. The van der Waals surface area contributed by atoms with Crippen molar-refractivity contribution in [1.82, 2.24) is 0 Å². The van der Waals surface area contributed by atoms with Crippen LogP contribution in [0.2, 0.25) is 0 Å². The van der Waals surface area contributed by atoms with Crippen molar-refractivity contribution >= 4 is 17.9 Å². The average molecular weight is 821 g/mol. The molecule has 0 aliphatic rings. The zero-order valence-electron chi connectivity index (χ0n) is 39.5. The van der Waals surface area contributed by atoms with Gasteiger partial charge in [-0.1, -0.05) is 252 Å². The van der Waals surface area contributed by atoms with E-state index in [-0.39, 0.29) is 31.1 Å². The summed E-state index contributed by atoms with van der Waals surface area (Å²) in [5, 5.41) is 0. The van der Waals surface area contributed by atoms with E-state index in [2.05, 4.69) is 27.7 Å². The van der Waals surface area contributed by atoms with Crippen molar-refractivity contribution in [2.24, 2.45) is 5.92 Å². The molecule has 2 atom stereocenters. The molecule has 0 saturated heterocycles. The van der Waals surface area contributed by atoms with E-state index in [0.717, 1.165) is 70.1 Å². The first-order valence-electron chi connectivity index (χ1n) is 25.9. The van der Waals surface area contributed by atoms with Crippen LogP contribution < -0.4 is 0 Å². The van der Waals surface area contributed by atoms with Gasteiger partial charge >= 0.3 is 17.9 Å². The molecule has 0 bridgehead atoms. The molecule has 0 N–H and O–H groups in total. The van der Waals surface area contributed by atoms with Gasteiger partial charge in [-0.15, -0.1) is 0 Å². The number of esters is 3. The average Bonchev–Trinajstić information content (AvgIpc) is 3.22. The third-order valence-electron chi connectivity index (χ3n) is 12.2. The molecule has 0 aromatic carbocycles. The molecule has 0 spiro atoms. The molecule has 0 fully saturated rings. The van der Waals surface area contributed by atoms with E-state index in [1.807, 2.05) is 0 Å². The van der Waals surface area contributed by atoms with Gasteiger partial charge in [0.05, 0.1) is 0 Å². The van der Waals surface area contributed by atoms with Crippen molar-refractivity contribution in [1.29, 1.82) is 0 Å². The van der Waals surface area contributed by atoms with E-state index in [0.29, 0.717) is 19.3 Å². The van der Waals surface area contributed by atoms with E-state index >= 15 is 0 Å². The minimum absolute atomic E-state index is 0.0638. The first-order valence-corrected chi connectivity index (χ1v) is 25.9.